The molecule has 0 aromatic carbocycles. The number of rotatable bonds is 8. The second-order valence-corrected chi connectivity index (χ2v) is 8.46. The Balaban J connectivity index is 2.22. The Morgan fingerprint density at radius 2 is 2.17 bits per heavy atom. The fraction of sp³-hybridized carbons (Fsp3) is 0.375. The van der Waals surface area contributed by atoms with Gasteiger partial charge in [0.2, 0.25) is 5.91 Å². The van der Waals surface area contributed by atoms with Gasteiger partial charge in [-0.2, -0.15) is 0 Å². The number of carbonyl (C=O) groups is 1. The van der Waals surface area contributed by atoms with E-state index in [0.29, 0.717) is 16.2 Å². The van der Waals surface area contributed by atoms with E-state index < -0.39 is 15.1 Å². The Labute approximate surface area is 140 Å². The molecule has 7 heteroatoms. The molecule has 0 bridgehead atoms. The second-order valence-electron chi connectivity index (χ2n) is 5.16. The van der Waals surface area contributed by atoms with Gasteiger partial charge in [-0.05, 0) is 29.5 Å². The van der Waals surface area contributed by atoms with E-state index in [1.54, 1.807) is 35.8 Å². The molecule has 2 heterocycles. The minimum atomic E-state index is -3.56. The Kier molecular flexibility index (Phi) is 6.29. The van der Waals surface area contributed by atoms with Crippen molar-refractivity contribution in [3.63, 3.8) is 0 Å². The SMILES string of the molecule is CCCCC(=O)NC[C@H](c1cccnc1)S(=O)(=O)c1cccs1. The highest BCUT2D eigenvalue weighted by atomic mass is 32.2. The van der Waals surface area contributed by atoms with Gasteiger partial charge in [0.05, 0.1) is 0 Å². The lowest BCUT2D eigenvalue weighted by molar-refractivity contribution is -0.121. The molecule has 2 aromatic heterocycles. The van der Waals surface area contributed by atoms with Gasteiger partial charge in [0.1, 0.15) is 9.46 Å². The van der Waals surface area contributed by atoms with E-state index in [2.05, 4.69) is 10.3 Å². The molecule has 0 fully saturated rings. The molecular weight excluding hydrogens is 332 g/mol. The summed E-state index contributed by atoms with van der Waals surface area (Å²) in [6.07, 6.45) is 5.26. The molecule has 0 aliphatic carbocycles. The van der Waals surface area contributed by atoms with Crippen LogP contribution in [0, 0.1) is 0 Å². The van der Waals surface area contributed by atoms with E-state index >= 15 is 0 Å². The van der Waals surface area contributed by atoms with Crippen molar-refractivity contribution in [2.45, 2.75) is 35.6 Å². The van der Waals surface area contributed by atoms with Gasteiger partial charge in [-0.25, -0.2) is 8.42 Å². The summed E-state index contributed by atoms with van der Waals surface area (Å²) in [7, 11) is -3.56. The molecule has 0 aliphatic heterocycles. The van der Waals surface area contributed by atoms with Crippen LogP contribution in [0.1, 0.15) is 37.0 Å². The van der Waals surface area contributed by atoms with Crippen molar-refractivity contribution >= 4 is 27.1 Å². The number of sulfone groups is 1. The number of nitrogens with one attached hydrogen (secondary N) is 1. The summed E-state index contributed by atoms with van der Waals surface area (Å²) in [5, 5.41) is 3.64. The highest BCUT2D eigenvalue weighted by Gasteiger charge is 2.30. The van der Waals surface area contributed by atoms with Crippen LogP contribution in [-0.4, -0.2) is 25.9 Å². The highest BCUT2D eigenvalue weighted by molar-refractivity contribution is 7.93. The Morgan fingerprint density at radius 3 is 2.78 bits per heavy atom. The number of hydrogen-bond acceptors (Lipinski definition) is 5. The minimum absolute atomic E-state index is 0.0501. The molecule has 0 unspecified atom stereocenters. The summed E-state index contributed by atoms with van der Waals surface area (Å²) < 4.78 is 26.0. The van der Waals surface area contributed by atoms with Crippen molar-refractivity contribution in [3.8, 4) is 0 Å². The first-order valence-corrected chi connectivity index (χ1v) is 9.92. The lowest BCUT2D eigenvalue weighted by Crippen LogP contribution is -2.31. The van der Waals surface area contributed by atoms with Crippen LogP contribution in [0.5, 0.6) is 0 Å². The van der Waals surface area contributed by atoms with Crippen LogP contribution in [-0.2, 0) is 14.6 Å². The van der Waals surface area contributed by atoms with Crippen molar-refractivity contribution in [2.24, 2.45) is 0 Å². The van der Waals surface area contributed by atoms with E-state index in [1.165, 1.54) is 17.5 Å². The van der Waals surface area contributed by atoms with Gasteiger partial charge in [-0.1, -0.05) is 25.5 Å². The van der Waals surface area contributed by atoms with Gasteiger partial charge >= 0.3 is 0 Å². The first-order chi connectivity index (χ1) is 11.1. The second kappa shape index (κ2) is 8.21. The largest absolute Gasteiger partial charge is 0.354 e. The number of hydrogen-bond donors (Lipinski definition) is 1. The van der Waals surface area contributed by atoms with E-state index in [9.17, 15) is 13.2 Å². The van der Waals surface area contributed by atoms with Crippen molar-refractivity contribution < 1.29 is 13.2 Å². The number of aromatic nitrogens is 1. The first-order valence-electron chi connectivity index (χ1n) is 7.49. The van der Waals surface area contributed by atoms with Crippen LogP contribution in [0.3, 0.4) is 0 Å². The molecule has 0 aliphatic rings. The third-order valence-corrected chi connectivity index (χ3v) is 6.98. The van der Waals surface area contributed by atoms with Gasteiger partial charge in [0, 0.05) is 25.4 Å². The standard InChI is InChI=1S/C16H20N2O3S2/c1-2-3-7-15(19)18-12-14(13-6-4-9-17-11-13)23(20,21)16-8-5-10-22-16/h4-6,8-11,14H,2-3,7,12H2,1H3,(H,18,19)/t14-/m1/s1. The molecule has 124 valence electrons. The van der Waals surface area contributed by atoms with Gasteiger partial charge in [0.15, 0.2) is 9.84 Å². The first kappa shape index (κ1) is 17.6. The zero-order valence-corrected chi connectivity index (χ0v) is 14.6. The van der Waals surface area contributed by atoms with Gasteiger partial charge in [-0.3, -0.25) is 9.78 Å². The van der Waals surface area contributed by atoms with E-state index in [1.807, 2.05) is 6.92 Å². The zero-order valence-electron chi connectivity index (χ0n) is 12.9. The van der Waals surface area contributed by atoms with Crippen LogP contribution >= 0.6 is 11.3 Å². The zero-order chi connectivity index (χ0) is 16.7. The summed E-state index contributed by atoms with van der Waals surface area (Å²) in [5.41, 5.74) is 0.580. The quantitative estimate of drug-likeness (QED) is 0.792. The molecular formula is C16H20N2O3S2. The third kappa shape index (κ3) is 4.62. The number of nitrogens with zero attached hydrogens (tertiary/aromatic N) is 1. The Bertz CT molecular complexity index is 713. The molecule has 0 saturated heterocycles. The number of unbranched alkanes of at least 4 members (excludes halogenated alkanes) is 1. The molecule has 2 aromatic rings. The smallest absolute Gasteiger partial charge is 0.220 e. The summed E-state index contributed by atoms with van der Waals surface area (Å²) in [6.45, 7) is 2.06. The molecule has 2 rings (SSSR count). The highest BCUT2D eigenvalue weighted by Crippen LogP contribution is 2.30. The summed E-state index contributed by atoms with van der Waals surface area (Å²) in [6, 6.07) is 6.71. The van der Waals surface area contributed by atoms with Crippen molar-refractivity contribution in [3.05, 3.63) is 47.6 Å². The molecule has 0 spiro atoms. The summed E-state index contributed by atoms with van der Waals surface area (Å²) in [4.78, 5) is 15.8. The van der Waals surface area contributed by atoms with Crippen LogP contribution < -0.4 is 5.32 Å². The molecule has 1 N–H and O–H groups in total. The molecule has 23 heavy (non-hydrogen) atoms. The van der Waals surface area contributed by atoms with Crippen LogP contribution in [0.2, 0.25) is 0 Å². The predicted molar refractivity (Wildman–Crippen MR) is 91.0 cm³/mol. The lowest BCUT2D eigenvalue weighted by atomic mass is 10.2. The van der Waals surface area contributed by atoms with Crippen molar-refractivity contribution in [2.75, 3.05) is 6.54 Å². The third-order valence-electron chi connectivity index (χ3n) is 3.45. The monoisotopic (exact) mass is 352 g/mol. The maximum absolute atomic E-state index is 12.9. The Hall–Kier alpha value is -1.73. The molecule has 1 atom stereocenters. The van der Waals surface area contributed by atoms with Crippen molar-refractivity contribution in [1.82, 2.24) is 10.3 Å². The molecule has 0 radical (unpaired) electrons. The average Bonchev–Trinajstić information content (AvgIpc) is 3.09. The predicted octanol–water partition coefficient (Wildman–Crippen LogP) is 2.96. The van der Waals surface area contributed by atoms with Crippen LogP contribution in [0.25, 0.3) is 0 Å². The van der Waals surface area contributed by atoms with Crippen LogP contribution in [0.4, 0.5) is 0 Å². The minimum Gasteiger partial charge on any atom is -0.354 e. The number of carbonyl (C=O) groups excluding carboxylic acids is 1. The maximum Gasteiger partial charge on any atom is 0.220 e. The van der Waals surface area contributed by atoms with E-state index in [4.69, 9.17) is 0 Å². The number of thiophene rings is 1. The Morgan fingerprint density at radius 1 is 1.35 bits per heavy atom. The topological polar surface area (TPSA) is 76.1 Å². The van der Waals surface area contributed by atoms with E-state index in [0.717, 1.165) is 12.8 Å². The molecule has 0 saturated carbocycles. The van der Waals surface area contributed by atoms with Crippen LogP contribution in [0.15, 0.2) is 46.2 Å². The molecule has 1 amide bonds. The average molecular weight is 352 g/mol. The fourth-order valence-electron chi connectivity index (χ4n) is 2.17. The number of pyridine rings is 1. The van der Waals surface area contributed by atoms with Crippen molar-refractivity contribution in [1.29, 1.82) is 0 Å². The summed E-state index contributed by atoms with van der Waals surface area (Å²) in [5.74, 6) is -0.123. The molecule has 5 nitrogen and oxygen atoms in total. The van der Waals surface area contributed by atoms with Gasteiger partial charge < -0.3 is 5.32 Å². The normalized spacial score (nSPS) is 12.7. The van der Waals surface area contributed by atoms with E-state index in [-0.39, 0.29) is 12.5 Å². The fourth-order valence-corrected chi connectivity index (χ4v) is 5.02. The number of amides is 1. The summed E-state index contributed by atoms with van der Waals surface area (Å²) >= 11 is 1.18. The lowest BCUT2D eigenvalue weighted by Gasteiger charge is -2.17. The van der Waals surface area contributed by atoms with Gasteiger partial charge in [-0.15, -0.1) is 11.3 Å². The maximum atomic E-state index is 12.9. The van der Waals surface area contributed by atoms with Gasteiger partial charge in [0.25, 0.3) is 0 Å².